The number of carbonyl (C=O) groups excluding carboxylic acids is 1. The molecule has 0 fully saturated rings. The van der Waals surface area contributed by atoms with Gasteiger partial charge in [-0.1, -0.05) is 6.92 Å². The Labute approximate surface area is 45.6 Å². The zero-order valence-corrected chi connectivity index (χ0v) is 5.06. The molecule has 2 nitrogen and oxygen atoms in total. The van der Waals surface area contributed by atoms with E-state index in [1.165, 1.54) is 0 Å². The Balaban J connectivity index is 0. The smallest absolute Gasteiger partial charge is 0.221 e. The third-order valence-electron chi connectivity index (χ3n) is 0.801. The van der Waals surface area contributed by atoms with Gasteiger partial charge in [-0.15, -0.1) is 0 Å². The zero-order valence-electron chi connectivity index (χ0n) is 5.06. The van der Waals surface area contributed by atoms with Gasteiger partial charge in [-0.2, -0.15) is 0 Å². The number of nitrogens with zero attached hydrogens (tertiary/aromatic N) is 1. The van der Waals surface area contributed by atoms with Crippen molar-refractivity contribution in [2.75, 3.05) is 14.1 Å². The Morgan fingerprint density at radius 1 is 1.71 bits per heavy atom. The summed E-state index contributed by atoms with van der Waals surface area (Å²) in [6.45, 7) is 1.85. The topological polar surface area (TPSA) is 20.3 Å². The maximum absolute atomic E-state index is 10.4. The Bertz CT molecular complexity index is 72.8. The van der Waals surface area contributed by atoms with Gasteiger partial charge in [0.15, 0.2) is 0 Å². The molecule has 0 aromatic heterocycles. The fourth-order valence-electron chi connectivity index (χ4n) is 0.316. The van der Waals surface area contributed by atoms with Crippen molar-refractivity contribution in [1.29, 1.82) is 0 Å². The van der Waals surface area contributed by atoms with Gasteiger partial charge in [0.05, 0.1) is 0 Å². The third kappa shape index (κ3) is 2.20. The number of carbonyl (C=O) groups is 1. The molecule has 0 unspecified atom stereocenters. The van der Waals surface area contributed by atoms with Gasteiger partial charge in [-0.25, -0.2) is 0 Å². The van der Waals surface area contributed by atoms with Gasteiger partial charge < -0.3 is 4.90 Å². The SMILES string of the molecule is CCC(=O)N(C)C.[2HH]. The molecule has 2 heteroatoms. The highest BCUT2D eigenvalue weighted by atomic mass is 16.2. The lowest BCUT2D eigenvalue weighted by Crippen LogP contribution is -2.19. The van der Waals surface area contributed by atoms with E-state index in [2.05, 4.69) is 0 Å². The average Bonchev–Trinajstić information content (AvgIpc) is 1.65. The summed E-state index contributed by atoms with van der Waals surface area (Å²) < 4.78 is 0. The van der Waals surface area contributed by atoms with Crippen molar-refractivity contribution in [3.05, 3.63) is 0 Å². The third-order valence-corrected chi connectivity index (χ3v) is 0.801. The first kappa shape index (κ1) is 6.47. The van der Waals surface area contributed by atoms with E-state index in [4.69, 9.17) is 0 Å². The first-order valence-corrected chi connectivity index (χ1v) is 2.38. The fourth-order valence-corrected chi connectivity index (χ4v) is 0.316. The van der Waals surface area contributed by atoms with Crippen molar-refractivity contribution in [3.63, 3.8) is 0 Å². The highest BCUT2D eigenvalue weighted by Gasteiger charge is 1.95. The molecule has 0 saturated carbocycles. The van der Waals surface area contributed by atoms with Gasteiger partial charge in [-0.05, 0) is 0 Å². The van der Waals surface area contributed by atoms with Crippen LogP contribution in [0.25, 0.3) is 0 Å². The number of hydrogen-bond donors (Lipinski definition) is 0. The molecule has 0 heterocycles. The maximum Gasteiger partial charge on any atom is 0.221 e. The van der Waals surface area contributed by atoms with Crippen molar-refractivity contribution in [3.8, 4) is 0 Å². The molecule has 0 atom stereocenters. The van der Waals surface area contributed by atoms with Crippen LogP contribution in [0.2, 0.25) is 0 Å². The first-order chi connectivity index (χ1) is 3.18. The molecule has 1 amide bonds. The van der Waals surface area contributed by atoms with Crippen molar-refractivity contribution in [2.24, 2.45) is 0 Å². The second-order valence-electron chi connectivity index (χ2n) is 1.64. The minimum atomic E-state index is 0. The number of rotatable bonds is 1. The van der Waals surface area contributed by atoms with Gasteiger partial charge >= 0.3 is 0 Å². The molecule has 0 rings (SSSR count). The van der Waals surface area contributed by atoms with Crippen LogP contribution in [0.1, 0.15) is 14.8 Å². The van der Waals surface area contributed by atoms with Gasteiger partial charge in [0, 0.05) is 21.9 Å². The van der Waals surface area contributed by atoms with E-state index >= 15 is 0 Å². The van der Waals surface area contributed by atoms with E-state index < -0.39 is 0 Å². The molecule has 0 radical (unpaired) electrons. The van der Waals surface area contributed by atoms with Crippen molar-refractivity contribution >= 4 is 5.91 Å². The molecule has 0 aliphatic heterocycles. The molecule has 0 aliphatic rings. The highest BCUT2D eigenvalue weighted by molar-refractivity contribution is 5.75. The highest BCUT2D eigenvalue weighted by Crippen LogP contribution is 1.81. The maximum atomic E-state index is 10.4. The second-order valence-corrected chi connectivity index (χ2v) is 1.64. The Kier molecular flexibility index (Phi) is 2.41. The zero-order chi connectivity index (χ0) is 5.86. The lowest BCUT2D eigenvalue weighted by molar-refractivity contribution is -0.128. The quantitative estimate of drug-likeness (QED) is 0.480. The van der Waals surface area contributed by atoms with Crippen molar-refractivity contribution in [1.82, 2.24) is 4.90 Å². The van der Waals surface area contributed by atoms with Crippen LogP contribution in [0.5, 0.6) is 0 Å². The normalized spacial score (nSPS) is 8.43. The van der Waals surface area contributed by atoms with Crippen LogP contribution in [0.4, 0.5) is 0 Å². The predicted octanol–water partition coefficient (Wildman–Crippen LogP) is 0.731. The largest absolute Gasteiger partial charge is 0.349 e. The van der Waals surface area contributed by atoms with Crippen LogP contribution in [-0.2, 0) is 4.79 Å². The molecule has 0 aromatic rings. The van der Waals surface area contributed by atoms with Crippen molar-refractivity contribution < 1.29 is 6.22 Å². The molecule has 0 bridgehead atoms. The van der Waals surface area contributed by atoms with Gasteiger partial charge in [0.1, 0.15) is 0 Å². The molecular formula is C5H13NO. The van der Waals surface area contributed by atoms with Crippen LogP contribution in [0.15, 0.2) is 0 Å². The molecule has 0 spiro atoms. The molecule has 0 aliphatic carbocycles. The summed E-state index contributed by atoms with van der Waals surface area (Å²) in [5, 5.41) is 0. The van der Waals surface area contributed by atoms with Gasteiger partial charge in [-0.3, -0.25) is 4.79 Å². The lowest BCUT2D eigenvalue weighted by Gasteiger charge is -2.05. The monoisotopic (exact) mass is 104 g/mol. The molecular weight excluding hydrogens is 90.1 g/mol. The number of hydrogen-bond acceptors (Lipinski definition) is 1. The van der Waals surface area contributed by atoms with Gasteiger partial charge in [0.25, 0.3) is 0 Å². The predicted molar refractivity (Wildman–Crippen MR) is 31.1 cm³/mol. The van der Waals surface area contributed by atoms with E-state index in [1.54, 1.807) is 19.0 Å². The molecule has 0 aromatic carbocycles. The molecule has 7 heavy (non-hydrogen) atoms. The Morgan fingerprint density at radius 3 is 2.14 bits per heavy atom. The number of amides is 1. The van der Waals surface area contributed by atoms with E-state index in [1.807, 2.05) is 6.92 Å². The molecule has 44 valence electrons. The summed E-state index contributed by atoms with van der Waals surface area (Å²) in [5.74, 6) is 0.181. The summed E-state index contributed by atoms with van der Waals surface area (Å²) in [6, 6.07) is 0. The van der Waals surface area contributed by atoms with E-state index in [0.29, 0.717) is 6.42 Å². The van der Waals surface area contributed by atoms with Crippen LogP contribution >= 0.6 is 0 Å². The average molecular weight is 104 g/mol. The minimum Gasteiger partial charge on any atom is -0.349 e. The molecule has 0 N–H and O–H groups in total. The fraction of sp³-hybridized carbons (Fsp3) is 0.800. The lowest BCUT2D eigenvalue weighted by atomic mass is 10.4. The van der Waals surface area contributed by atoms with E-state index in [-0.39, 0.29) is 7.33 Å². The van der Waals surface area contributed by atoms with E-state index in [0.717, 1.165) is 0 Å². The van der Waals surface area contributed by atoms with Crippen LogP contribution < -0.4 is 0 Å². The standard InChI is InChI=1S/C5H11NO.H2/c1-4-5(7)6(2)3;/h4H2,1-3H3;1H/i;1+1. The first-order valence-electron chi connectivity index (χ1n) is 2.38. The molecule has 0 saturated heterocycles. The van der Waals surface area contributed by atoms with Crippen LogP contribution in [-0.4, -0.2) is 24.9 Å². The van der Waals surface area contributed by atoms with E-state index in [9.17, 15) is 4.79 Å². The summed E-state index contributed by atoms with van der Waals surface area (Å²) in [6.07, 6.45) is 0.604. The minimum absolute atomic E-state index is 0. The summed E-state index contributed by atoms with van der Waals surface area (Å²) in [4.78, 5) is 12.0. The Morgan fingerprint density at radius 2 is 2.14 bits per heavy atom. The Hall–Kier alpha value is -0.530. The van der Waals surface area contributed by atoms with Gasteiger partial charge in [0.2, 0.25) is 5.91 Å². The van der Waals surface area contributed by atoms with Crippen LogP contribution in [0.3, 0.4) is 0 Å². The summed E-state index contributed by atoms with van der Waals surface area (Å²) >= 11 is 0. The van der Waals surface area contributed by atoms with Crippen molar-refractivity contribution in [2.45, 2.75) is 13.3 Å². The summed E-state index contributed by atoms with van der Waals surface area (Å²) in [7, 11) is 3.51. The second kappa shape index (κ2) is 2.61. The van der Waals surface area contributed by atoms with Crippen LogP contribution in [0, 0.1) is 0 Å². The summed E-state index contributed by atoms with van der Waals surface area (Å²) in [5.41, 5.74) is 0.